The Bertz CT molecular complexity index is 2480. The van der Waals surface area contributed by atoms with E-state index in [2.05, 4.69) is 21.3 Å². The number of amides is 4. The molecule has 442 valence electrons. The maximum absolute atomic E-state index is 14.5. The zero-order valence-electron chi connectivity index (χ0n) is 42.7. The number of hydrogen-bond acceptors (Lipinski definition) is 7. The van der Waals surface area contributed by atoms with Crippen molar-refractivity contribution in [3.8, 4) is 0 Å². The molecule has 0 saturated carbocycles. The Morgan fingerprint density at radius 2 is 0.949 bits per heavy atom. The lowest BCUT2D eigenvalue weighted by Gasteiger charge is -2.42. The molecular weight excluding hydrogens is 1100 g/mol. The second kappa shape index (κ2) is 26.7. The van der Waals surface area contributed by atoms with Gasteiger partial charge in [0.1, 0.15) is 13.2 Å². The van der Waals surface area contributed by atoms with E-state index >= 15 is 0 Å². The van der Waals surface area contributed by atoms with Gasteiger partial charge in [0.15, 0.2) is 0 Å². The van der Waals surface area contributed by atoms with Gasteiger partial charge < -0.3 is 30.7 Å². The second-order valence-electron chi connectivity index (χ2n) is 19.3. The number of carbonyl (C=O) groups excluding carboxylic acids is 5. The largest absolute Gasteiger partial charge is 0.461 e. The first-order valence-electron chi connectivity index (χ1n) is 24.0. The molecule has 4 atom stereocenters. The lowest BCUT2D eigenvalue weighted by atomic mass is 9.87. The van der Waals surface area contributed by atoms with Gasteiger partial charge in [0.05, 0.1) is 12.3 Å². The fourth-order valence-corrected chi connectivity index (χ4v) is 7.42. The average molecular weight is 1160 g/mol. The van der Waals surface area contributed by atoms with Gasteiger partial charge in [-0.3, -0.25) is 19.2 Å². The van der Waals surface area contributed by atoms with E-state index in [0.717, 1.165) is 29.8 Å². The molecule has 3 aromatic rings. The van der Waals surface area contributed by atoms with Crippen LogP contribution in [0.1, 0.15) is 82.6 Å². The Balaban J connectivity index is 1.59. The summed E-state index contributed by atoms with van der Waals surface area (Å²) < 4.78 is 243. The molecule has 0 aliphatic heterocycles. The maximum atomic E-state index is 14.5. The van der Waals surface area contributed by atoms with Crippen LogP contribution in [0, 0.1) is 17.8 Å². The molecule has 0 fully saturated rings. The van der Waals surface area contributed by atoms with Gasteiger partial charge >= 0.3 is 59.7 Å². The molecular formula is C51H57F17N4O7. The number of halogens is 17. The maximum Gasteiger partial charge on any atom is 0.460 e. The molecule has 4 N–H and O–H groups in total. The number of ether oxygens (including phenoxy) is 2. The Morgan fingerprint density at radius 1 is 0.481 bits per heavy atom. The smallest absolute Gasteiger partial charge is 0.460 e. The van der Waals surface area contributed by atoms with Gasteiger partial charge in [0.25, 0.3) is 0 Å². The Labute approximate surface area is 442 Å². The molecule has 3 aromatic carbocycles. The van der Waals surface area contributed by atoms with Crippen molar-refractivity contribution in [1.29, 1.82) is 0 Å². The molecule has 0 aromatic heterocycles. The highest BCUT2D eigenvalue weighted by Crippen LogP contribution is 2.64. The molecule has 0 aliphatic carbocycles. The van der Waals surface area contributed by atoms with E-state index in [4.69, 9.17) is 9.47 Å². The van der Waals surface area contributed by atoms with Crippen molar-refractivity contribution in [2.24, 2.45) is 17.8 Å². The number of benzene rings is 3. The number of hydrogen-bond donors (Lipinski definition) is 4. The predicted octanol–water partition coefficient (Wildman–Crippen LogP) is 11.4. The van der Waals surface area contributed by atoms with Crippen molar-refractivity contribution in [2.45, 2.75) is 152 Å². The lowest BCUT2D eigenvalue weighted by Crippen LogP contribution is -2.74. The average Bonchev–Trinajstić information content (AvgIpc) is 3.42. The van der Waals surface area contributed by atoms with Crippen molar-refractivity contribution in [1.82, 2.24) is 21.3 Å². The van der Waals surface area contributed by atoms with Gasteiger partial charge in [-0.15, -0.1) is 0 Å². The highest BCUT2D eigenvalue weighted by molar-refractivity contribution is 5.83. The summed E-state index contributed by atoms with van der Waals surface area (Å²) >= 11 is 0. The minimum Gasteiger partial charge on any atom is -0.461 e. The van der Waals surface area contributed by atoms with Gasteiger partial charge in [0, 0.05) is 43.9 Å². The van der Waals surface area contributed by atoms with Crippen LogP contribution in [0.2, 0.25) is 0 Å². The number of aryl methyl sites for hydroxylation is 1. The molecule has 28 heteroatoms. The summed E-state index contributed by atoms with van der Waals surface area (Å²) in [6.07, 6.45) is -13.5. The van der Waals surface area contributed by atoms with E-state index in [1.807, 2.05) is 6.07 Å². The second-order valence-corrected chi connectivity index (χ2v) is 19.3. The summed E-state index contributed by atoms with van der Waals surface area (Å²) in [7, 11) is 0. The van der Waals surface area contributed by atoms with E-state index in [-0.39, 0.29) is 49.8 Å². The van der Waals surface area contributed by atoms with Gasteiger partial charge in [-0.1, -0.05) is 113 Å². The topological polar surface area (TPSA) is 152 Å². The number of nitrogens with one attached hydrogen (secondary N) is 4. The number of esters is 1. The molecule has 4 amide bonds. The molecule has 0 radical (unpaired) electrons. The zero-order chi connectivity index (χ0) is 60.2. The number of alkyl halides is 17. The van der Waals surface area contributed by atoms with Crippen molar-refractivity contribution in [3.63, 3.8) is 0 Å². The Morgan fingerprint density at radius 3 is 1.46 bits per heavy atom. The van der Waals surface area contributed by atoms with Crippen molar-refractivity contribution in [3.05, 3.63) is 107 Å². The van der Waals surface area contributed by atoms with Crippen LogP contribution in [0.5, 0.6) is 0 Å². The van der Waals surface area contributed by atoms with Crippen LogP contribution in [0.4, 0.5) is 79.4 Å². The van der Waals surface area contributed by atoms with E-state index in [1.165, 1.54) is 6.92 Å². The summed E-state index contributed by atoms with van der Waals surface area (Å²) in [5, 5.41) is 10.9. The third-order valence-corrected chi connectivity index (χ3v) is 12.3. The Hall–Kier alpha value is -6.38. The highest BCUT2D eigenvalue weighted by atomic mass is 19.4. The van der Waals surface area contributed by atoms with Crippen LogP contribution in [-0.2, 0) is 54.7 Å². The fraction of sp³-hybridized carbons (Fsp3) is 0.549. The Kier molecular flexibility index (Phi) is 22.6. The molecule has 79 heavy (non-hydrogen) atoms. The van der Waals surface area contributed by atoms with Crippen LogP contribution in [0.25, 0.3) is 0 Å². The van der Waals surface area contributed by atoms with Crippen molar-refractivity contribution < 1.29 is 108 Å². The van der Waals surface area contributed by atoms with Gasteiger partial charge in [-0.25, -0.2) is 4.79 Å². The quantitative estimate of drug-likeness (QED) is 0.0399. The van der Waals surface area contributed by atoms with E-state index < -0.39 is 133 Å². The molecule has 11 nitrogen and oxygen atoms in total. The van der Waals surface area contributed by atoms with Gasteiger partial charge in [0.2, 0.25) is 17.7 Å². The molecule has 0 unspecified atom stereocenters. The zero-order valence-corrected chi connectivity index (χ0v) is 42.7. The first-order valence-corrected chi connectivity index (χ1v) is 24.0. The molecule has 0 spiro atoms. The van der Waals surface area contributed by atoms with E-state index in [1.54, 1.807) is 82.3 Å². The summed E-state index contributed by atoms with van der Waals surface area (Å²) in [5.74, 6) is -60.7. The fourth-order valence-electron chi connectivity index (χ4n) is 7.42. The normalized spacial score (nSPS) is 14.7. The molecule has 0 aliphatic rings. The van der Waals surface area contributed by atoms with Gasteiger partial charge in [-0.05, 0) is 53.9 Å². The SMILES string of the molecule is CC(C)[C@H](CNC(=O)C[C@@H](NC(=O)OCc1ccccc1)C(C)C)C(=O)N[C@H](C)CC(=O)N[C@H](CC(=O)OCc1ccc(CCC(F)(F)C(F)(F)C(F)(F)C(F)(F)C(F)(F)C(F)(F)C(F)(F)C(F)(F)F)cc1)Cc1ccccc1. The molecule has 0 bridgehead atoms. The highest BCUT2D eigenvalue weighted by Gasteiger charge is 2.95. The molecule has 0 heterocycles. The van der Waals surface area contributed by atoms with Crippen LogP contribution >= 0.6 is 0 Å². The van der Waals surface area contributed by atoms with Crippen LogP contribution in [-0.4, -0.2) is 102 Å². The summed E-state index contributed by atoms with van der Waals surface area (Å²) in [6, 6.07) is 18.7. The third kappa shape index (κ3) is 16.8. The predicted molar refractivity (Wildman–Crippen MR) is 249 cm³/mol. The van der Waals surface area contributed by atoms with Crippen LogP contribution in [0.3, 0.4) is 0 Å². The van der Waals surface area contributed by atoms with Gasteiger partial charge in [-0.2, -0.15) is 74.6 Å². The van der Waals surface area contributed by atoms with Crippen molar-refractivity contribution >= 4 is 29.8 Å². The van der Waals surface area contributed by atoms with Crippen molar-refractivity contribution in [2.75, 3.05) is 6.54 Å². The first kappa shape index (κ1) is 66.9. The third-order valence-electron chi connectivity index (χ3n) is 12.3. The standard InChI is InChI=1S/C51H57F17N4O7/c1-29(2)37(26-69-39(73)25-38(30(3)4)72-43(77)79-28-34-14-10-7-11-15-34)42(76)70-31(5)22-40(74)71-36(23-33-12-8-6-9-13-33)24-41(75)78-27-35-18-16-32(17-19-35)20-21-44(52,53)45(54,55)46(56,57)47(58,59)48(60,61)49(62,63)50(64,65)51(66,67)68/h6-19,29-31,36-38H,20-28H2,1-5H3,(H,69,73)(H,70,76)(H,71,74)(H,72,77)/t31-,36+,37+,38-/m1/s1. The molecule has 0 saturated heterocycles. The summed E-state index contributed by atoms with van der Waals surface area (Å²) in [5.41, 5.74) is 0.966. The number of carbonyl (C=O) groups is 5. The molecule has 3 rings (SSSR count). The van der Waals surface area contributed by atoms with E-state index in [9.17, 15) is 98.6 Å². The minimum atomic E-state index is -8.72. The summed E-state index contributed by atoms with van der Waals surface area (Å²) in [4.78, 5) is 65.3. The number of alkyl carbamates (subject to hydrolysis) is 1. The van der Waals surface area contributed by atoms with Crippen LogP contribution < -0.4 is 21.3 Å². The first-order chi connectivity index (χ1) is 36.2. The lowest BCUT2D eigenvalue weighted by molar-refractivity contribution is -0.461. The summed E-state index contributed by atoms with van der Waals surface area (Å²) in [6.45, 7) is 7.96. The number of rotatable bonds is 29. The van der Waals surface area contributed by atoms with Crippen LogP contribution in [0.15, 0.2) is 84.9 Å². The monoisotopic (exact) mass is 1160 g/mol. The minimum absolute atomic E-state index is 0.0157. The van der Waals surface area contributed by atoms with E-state index in [0.29, 0.717) is 5.56 Å².